The fourth-order valence-electron chi connectivity index (χ4n) is 2.91. The Bertz CT molecular complexity index is 272. The minimum atomic E-state index is -4.00. The van der Waals surface area contributed by atoms with Crippen molar-refractivity contribution in [1.82, 2.24) is 5.32 Å². The zero-order valence-electron chi connectivity index (χ0n) is 10.6. The number of hydrogen-bond acceptors (Lipinski definition) is 1. The van der Waals surface area contributed by atoms with E-state index in [1.54, 1.807) is 0 Å². The van der Waals surface area contributed by atoms with Gasteiger partial charge in [-0.05, 0) is 43.6 Å². The van der Waals surface area contributed by atoms with Gasteiger partial charge in [-0.3, -0.25) is 0 Å². The van der Waals surface area contributed by atoms with Gasteiger partial charge in [0.05, 0.1) is 5.92 Å². The fourth-order valence-corrected chi connectivity index (χ4v) is 2.91. The van der Waals surface area contributed by atoms with Gasteiger partial charge in [0.15, 0.2) is 0 Å². The lowest BCUT2D eigenvalue weighted by Crippen LogP contribution is -2.39. The molecular weight excluding hydrogens is 227 g/mol. The molecule has 0 spiro atoms. The first kappa shape index (κ1) is 13.2. The Morgan fingerprint density at radius 2 is 1.88 bits per heavy atom. The number of halogens is 3. The fraction of sp³-hybridized carbons (Fsp3) is 1.00. The highest BCUT2D eigenvalue weighted by Gasteiger charge is 2.46. The van der Waals surface area contributed by atoms with E-state index in [2.05, 4.69) is 19.2 Å². The largest absolute Gasteiger partial charge is 0.391 e. The molecule has 1 nitrogen and oxygen atoms in total. The third-order valence-corrected chi connectivity index (χ3v) is 4.51. The molecule has 2 rings (SSSR count). The molecule has 0 aromatic carbocycles. The van der Waals surface area contributed by atoms with Crippen molar-refractivity contribution in [1.29, 1.82) is 0 Å². The third kappa shape index (κ3) is 3.36. The molecular formula is C13H22F3N. The number of rotatable bonds is 3. The van der Waals surface area contributed by atoms with E-state index >= 15 is 0 Å². The molecule has 2 aliphatic carbocycles. The summed E-state index contributed by atoms with van der Waals surface area (Å²) in [7, 11) is 0. The van der Waals surface area contributed by atoms with E-state index in [1.165, 1.54) is 6.42 Å². The Morgan fingerprint density at radius 3 is 2.41 bits per heavy atom. The van der Waals surface area contributed by atoms with Crippen molar-refractivity contribution in [2.24, 2.45) is 17.3 Å². The molecule has 100 valence electrons. The van der Waals surface area contributed by atoms with Gasteiger partial charge in [-0.15, -0.1) is 0 Å². The summed E-state index contributed by atoms with van der Waals surface area (Å²) in [6.07, 6.45) is -0.600. The van der Waals surface area contributed by atoms with E-state index in [0.29, 0.717) is 24.2 Å². The van der Waals surface area contributed by atoms with Crippen LogP contribution in [0, 0.1) is 17.3 Å². The molecule has 3 atom stereocenters. The number of nitrogens with one attached hydrogen (secondary N) is 1. The highest BCUT2D eigenvalue weighted by molar-refractivity contribution is 4.97. The topological polar surface area (TPSA) is 12.0 Å². The van der Waals surface area contributed by atoms with Crippen LogP contribution in [0.5, 0.6) is 0 Å². The van der Waals surface area contributed by atoms with E-state index in [9.17, 15) is 13.2 Å². The molecule has 0 amide bonds. The van der Waals surface area contributed by atoms with Crippen LogP contribution in [0.3, 0.4) is 0 Å². The molecule has 0 aliphatic heterocycles. The van der Waals surface area contributed by atoms with Gasteiger partial charge in [0.25, 0.3) is 0 Å². The van der Waals surface area contributed by atoms with Crippen LogP contribution in [0.1, 0.15) is 46.0 Å². The van der Waals surface area contributed by atoms with Crippen molar-refractivity contribution in [2.45, 2.75) is 58.2 Å². The highest BCUT2D eigenvalue weighted by atomic mass is 19.4. The van der Waals surface area contributed by atoms with Gasteiger partial charge in [-0.25, -0.2) is 0 Å². The maximum atomic E-state index is 12.6. The van der Waals surface area contributed by atoms with E-state index < -0.39 is 12.1 Å². The summed E-state index contributed by atoms with van der Waals surface area (Å²) in [6.45, 7) is 5.33. The second-order valence-corrected chi connectivity index (χ2v) is 6.40. The first-order valence-electron chi connectivity index (χ1n) is 6.59. The third-order valence-electron chi connectivity index (χ3n) is 4.51. The summed E-state index contributed by atoms with van der Waals surface area (Å²) >= 11 is 0. The van der Waals surface area contributed by atoms with Crippen molar-refractivity contribution >= 4 is 0 Å². The molecule has 1 N–H and O–H groups in total. The normalized spacial score (nSPS) is 36.9. The zero-order valence-corrected chi connectivity index (χ0v) is 10.6. The molecule has 0 radical (unpaired) electrons. The quantitative estimate of drug-likeness (QED) is 0.803. The second kappa shape index (κ2) is 4.45. The molecule has 0 heterocycles. The maximum Gasteiger partial charge on any atom is 0.391 e. The van der Waals surface area contributed by atoms with E-state index in [-0.39, 0.29) is 12.5 Å². The molecule has 2 aliphatic rings. The molecule has 17 heavy (non-hydrogen) atoms. The van der Waals surface area contributed by atoms with Crippen LogP contribution in [0.2, 0.25) is 0 Å². The molecule has 2 fully saturated rings. The van der Waals surface area contributed by atoms with Gasteiger partial charge in [0.2, 0.25) is 0 Å². The van der Waals surface area contributed by atoms with Gasteiger partial charge in [0, 0.05) is 6.04 Å². The van der Waals surface area contributed by atoms with Gasteiger partial charge in [-0.2, -0.15) is 13.2 Å². The molecule has 0 bridgehead atoms. The Balaban J connectivity index is 1.74. The average Bonchev–Trinajstić information content (AvgIpc) is 2.83. The molecule has 0 aromatic rings. The van der Waals surface area contributed by atoms with E-state index in [0.717, 1.165) is 13.0 Å². The maximum absolute atomic E-state index is 12.6. The minimum Gasteiger partial charge on any atom is -0.314 e. The van der Waals surface area contributed by atoms with Gasteiger partial charge >= 0.3 is 6.18 Å². The summed E-state index contributed by atoms with van der Waals surface area (Å²) in [5, 5.41) is 3.34. The highest BCUT2D eigenvalue weighted by Crippen LogP contribution is 2.51. The van der Waals surface area contributed by atoms with Crippen molar-refractivity contribution < 1.29 is 13.2 Å². The first-order chi connectivity index (χ1) is 7.79. The summed E-state index contributed by atoms with van der Waals surface area (Å²) in [4.78, 5) is 0. The summed E-state index contributed by atoms with van der Waals surface area (Å²) in [5.74, 6) is -0.422. The van der Waals surface area contributed by atoms with Crippen LogP contribution >= 0.6 is 0 Å². The summed E-state index contributed by atoms with van der Waals surface area (Å²) in [5.41, 5.74) is 0.408. The Labute approximate surface area is 101 Å². The van der Waals surface area contributed by atoms with Gasteiger partial charge < -0.3 is 5.32 Å². The van der Waals surface area contributed by atoms with Crippen molar-refractivity contribution in [2.75, 3.05) is 6.54 Å². The predicted molar refractivity (Wildman–Crippen MR) is 61.7 cm³/mol. The molecule has 0 saturated heterocycles. The molecule has 0 aromatic heterocycles. The Kier molecular flexibility index (Phi) is 3.45. The smallest absolute Gasteiger partial charge is 0.314 e. The monoisotopic (exact) mass is 249 g/mol. The van der Waals surface area contributed by atoms with E-state index in [4.69, 9.17) is 0 Å². The number of hydrogen-bond donors (Lipinski definition) is 1. The SMILES string of the molecule is CC1(C)CC1CNC1CCCC(C(F)(F)F)C1. The average molecular weight is 249 g/mol. The second-order valence-electron chi connectivity index (χ2n) is 6.40. The standard InChI is InChI=1S/C13H22F3N/c1-12(2)7-10(12)8-17-11-5-3-4-9(6-11)13(14,15)16/h9-11,17H,3-8H2,1-2H3. The van der Waals surface area contributed by atoms with Crippen LogP contribution < -0.4 is 5.32 Å². The lowest BCUT2D eigenvalue weighted by molar-refractivity contribution is -0.183. The molecule has 3 unspecified atom stereocenters. The van der Waals surface area contributed by atoms with Crippen LogP contribution in [-0.4, -0.2) is 18.8 Å². The lowest BCUT2D eigenvalue weighted by Gasteiger charge is -2.31. The van der Waals surface area contributed by atoms with Crippen LogP contribution in [-0.2, 0) is 0 Å². The van der Waals surface area contributed by atoms with E-state index in [1.807, 2.05) is 0 Å². The Morgan fingerprint density at radius 1 is 1.24 bits per heavy atom. The van der Waals surface area contributed by atoms with Gasteiger partial charge in [0.1, 0.15) is 0 Å². The molecule has 4 heteroatoms. The number of alkyl halides is 3. The van der Waals surface area contributed by atoms with Crippen molar-refractivity contribution in [3.63, 3.8) is 0 Å². The molecule has 2 saturated carbocycles. The zero-order chi connectivity index (χ0) is 12.7. The van der Waals surface area contributed by atoms with Crippen molar-refractivity contribution in [3.05, 3.63) is 0 Å². The van der Waals surface area contributed by atoms with Crippen LogP contribution in [0.25, 0.3) is 0 Å². The van der Waals surface area contributed by atoms with Gasteiger partial charge in [-0.1, -0.05) is 20.3 Å². The Hall–Kier alpha value is -0.250. The van der Waals surface area contributed by atoms with Crippen LogP contribution in [0.15, 0.2) is 0 Å². The predicted octanol–water partition coefficient (Wildman–Crippen LogP) is 3.74. The first-order valence-corrected chi connectivity index (χ1v) is 6.59. The summed E-state index contributed by atoms with van der Waals surface area (Å²) < 4.78 is 37.9. The summed E-state index contributed by atoms with van der Waals surface area (Å²) in [6, 6.07) is 0.0757. The van der Waals surface area contributed by atoms with Crippen LogP contribution in [0.4, 0.5) is 13.2 Å². The van der Waals surface area contributed by atoms with Crippen molar-refractivity contribution in [3.8, 4) is 0 Å². The lowest BCUT2D eigenvalue weighted by atomic mass is 9.85. The minimum absolute atomic E-state index is 0.0757.